The number of para-hydroxylation sites is 1. The Labute approximate surface area is 173 Å². The Hall–Kier alpha value is -3.13. The molecule has 150 valence electrons. The minimum atomic E-state index is -0.115. The molecule has 0 aliphatic carbocycles. The highest BCUT2D eigenvalue weighted by atomic mass is 32.1. The Kier molecular flexibility index (Phi) is 5.62. The van der Waals surface area contributed by atoms with Crippen molar-refractivity contribution in [2.45, 2.75) is 13.0 Å². The number of hydrogen-bond donors (Lipinski definition) is 2. The van der Waals surface area contributed by atoms with Gasteiger partial charge in [0.25, 0.3) is 0 Å². The van der Waals surface area contributed by atoms with Crippen LogP contribution in [0.25, 0.3) is 11.4 Å². The molecule has 0 spiro atoms. The zero-order chi connectivity index (χ0) is 20.2. The molecule has 4 rings (SSSR count). The SMILES string of the molecule is COc1ccc(-c2n[nH]c(=S)n2CC(=O)NCC2COc3ccccc3C2)cc1. The molecule has 8 heteroatoms. The van der Waals surface area contributed by atoms with E-state index < -0.39 is 0 Å². The summed E-state index contributed by atoms with van der Waals surface area (Å²) >= 11 is 5.31. The van der Waals surface area contributed by atoms with Crippen molar-refractivity contribution >= 4 is 18.1 Å². The van der Waals surface area contributed by atoms with Gasteiger partial charge < -0.3 is 14.8 Å². The van der Waals surface area contributed by atoms with E-state index in [1.165, 1.54) is 5.56 Å². The first kappa shape index (κ1) is 19.2. The molecule has 1 atom stereocenters. The number of aromatic amines is 1. The Morgan fingerprint density at radius 3 is 2.90 bits per heavy atom. The Morgan fingerprint density at radius 2 is 2.10 bits per heavy atom. The van der Waals surface area contributed by atoms with Crippen molar-refractivity contribution in [3.8, 4) is 22.9 Å². The van der Waals surface area contributed by atoms with Gasteiger partial charge in [-0.3, -0.25) is 14.5 Å². The van der Waals surface area contributed by atoms with Crippen LogP contribution in [-0.4, -0.2) is 40.9 Å². The summed E-state index contributed by atoms with van der Waals surface area (Å²) in [6.45, 7) is 1.25. The third-order valence-electron chi connectivity index (χ3n) is 4.95. The summed E-state index contributed by atoms with van der Waals surface area (Å²) in [5.74, 6) is 2.43. The predicted octanol–water partition coefficient (Wildman–Crippen LogP) is 2.98. The average Bonchev–Trinajstić information content (AvgIpc) is 3.12. The highest BCUT2D eigenvalue weighted by molar-refractivity contribution is 7.71. The molecular weight excluding hydrogens is 388 g/mol. The summed E-state index contributed by atoms with van der Waals surface area (Å²) in [6.07, 6.45) is 0.888. The van der Waals surface area contributed by atoms with Crippen molar-refractivity contribution < 1.29 is 14.3 Å². The number of rotatable bonds is 6. The normalized spacial score (nSPS) is 15.3. The zero-order valence-corrected chi connectivity index (χ0v) is 16.9. The first-order valence-electron chi connectivity index (χ1n) is 9.41. The molecule has 7 nitrogen and oxygen atoms in total. The number of fused-ring (bicyclic) bond motifs is 1. The third kappa shape index (κ3) is 4.32. The molecule has 1 aromatic heterocycles. The van der Waals surface area contributed by atoms with Crippen LogP contribution in [0.1, 0.15) is 5.56 Å². The summed E-state index contributed by atoms with van der Waals surface area (Å²) in [5.41, 5.74) is 2.03. The molecule has 0 bridgehead atoms. The van der Waals surface area contributed by atoms with Crippen LogP contribution in [0, 0.1) is 10.7 Å². The largest absolute Gasteiger partial charge is 0.497 e. The van der Waals surface area contributed by atoms with Gasteiger partial charge in [-0.15, -0.1) is 0 Å². The number of benzene rings is 2. The van der Waals surface area contributed by atoms with E-state index in [9.17, 15) is 4.79 Å². The van der Waals surface area contributed by atoms with Gasteiger partial charge in [-0.2, -0.15) is 5.10 Å². The van der Waals surface area contributed by atoms with Crippen molar-refractivity contribution in [2.75, 3.05) is 20.3 Å². The number of carbonyl (C=O) groups is 1. The smallest absolute Gasteiger partial charge is 0.240 e. The second kappa shape index (κ2) is 8.48. The average molecular weight is 410 g/mol. The van der Waals surface area contributed by atoms with E-state index in [2.05, 4.69) is 21.6 Å². The Bertz CT molecular complexity index is 1060. The summed E-state index contributed by atoms with van der Waals surface area (Å²) < 4.78 is 13.1. The molecule has 1 aliphatic heterocycles. The minimum absolute atomic E-state index is 0.0981. The summed E-state index contributed by atoms with van der Waals surface area (Å²) in [6, 6.07) is 15.5. The van der Waals surface area contributed by atoms with E-state index in [1.807, 2.05) is 42.5 Å². The molecule has 0 saturated carbocycles. The summed E-state index contributed by atoms with van der Waals surface area (Å²) in [7, 11) is 1.62. The number of aromatic nitrogens is 3. The number of nitrogens with zero attached hydrogens (tertiary/aromatic N) is 2. The third-order valence-corrected chi connectivity index (χ3v) is 5.26. The quantitative estimate of drug-likeness (QED) is 0.611. The van der Waals surface area contributed by atoms with Crippen LogP contribution in [0.15, 0.2) is 48.5 Å². The minimum Gasteiger partial charge on any atom is -0.497 e. The molecule has 1 aliphatic rings. The van der Waals surface area contributed by atoms with Gasteiger partial charge in [-0.05, 0) is 54.5 Å². The fourth-order valence-corrected chi connectivity index (χ4v) is 3.60. The fourth-order valence-electron chi connectivity index (χ4n) is 3.40. The molecule has 1 amide bonds. The van der Waals surface area contributed by atoms with Crippen molar-refractivity contribution in [3.05, 3.63) is 58.9 Å². The topological polar surface area (TPSA) is 81.2 Å². The number of H-pyrrole nitrogens is 1. The standard InChI is InChI=1S/C21H22N4O3S/c1-27-17-8-6-15(7-9-17)20-23-24-21(29)25(20)12-19(26)22-11-14-10-16-4-2-3-5-18(16)28-13-14/h2-9,14H,10-13H2,1H3,(H,22,26)(H,24,29). The molecule has 29 heavy (non-hydrogen) atoms. The van der Waals surface area contributed by atoms with Gasteiger partial charge in [-0.25, -0.2) is 0 Å². The van der Waals surface area contributed by atoms with E-state index in [0.717, 1.165) is 23.5 Å². The van der Waals surface area contributed by atoms with Gasteiger partial charge in [0.05, 0.1) is 13.7 Å². The molecule has 0 fully saturated rings. The van der Waals surface area contributed by atoms with Crippen molar-refractivity contribution in [3.63, 3.8) is 0 Å². The molecule has 0 radical (unpaired) electrons. The van der Waals surface area contributed by atoms with Crippen molar-refractivity contribution in [1.82, 2.24) is 20.1 Å². The van der Waals surface area contributed by atoms with E-state index in [4.69, 9.17) is 21.7 Å². The van der Waals surface area contributed by atoms with Crippen LogP contribution < -0.4 is 14.8 Å². The van der Waals surface area contributed by atoms with Crippen LogP contribution >= 0.6 is 12.2 Å². The second-order valence-electron chi connectivity index (χ2n) is 6.96. The highest BCUT2D eigenvalue weighted by Crippen LogP contribution is 2.26. The van der Waals surface area contributed by atoms with E-state index in [-0.39, 0.29) is 18.4 Å². The highest BCUT2D eigenvalue weighted by Gasteiger charge is 2.20. The molecule has 0 saturated heterocycles. The van der Waals surface area contributed by atoms with Gasteiger partial charge in [0.2, 0.25) is 5.91 Å². The van der Waals surface area contributed by atoms with Crippen LogP contribution in [-0.2, 0) is 17.8 Å². The van der Waals surface area contributed by atoms with Gasteiger partial charge in [0.1, 0.15) is 18.0 Å². The number of ether oxygens (including phenoxy) is 2. The van der Waals surface area contributed by atoms with Gasteiger partial charge in [0.15, 0.2) is 10.6 Å². The van der Waals surface area contributed by atoms with Gasteiger partial charge >= 0.3 is 0 Å². The number of amides is 1. The van der Waals surface area contributed by atoms with Crippen LogP contribution in [0.3, 0.4) is 0 Å². The molecule has 2 aromatic carbocycles. The maximum atomic E-state index is 12.6. The number of methoxy groups -OCH3 is 1. The lowest BCUT2D eigenvalue weighted by molar-refractivity contribution is -0.121. The second-order valence-corrected chi connectivity index (χ2v) is 7.35. The first-order chi connectivity index (χ1) is 14.1. The summed E-state index contributed by atoms with van der Waals surface area (Å²) in [4.78, 5) is 12.6. The van der Waals surface area contributed by atoms with E-state index >= 15 is 0 Å². The number of carbonyl (C=O) groups excluding carboxylic acids is 1. The number of nitrogens with one attached hydrogen (secondary N) is 2. The van der Waals surface area contributed by atoms with Gasteiger partial charge in [-0.1, -0.05) is 18.2 Å². The molecule has 2 heterocycles. The molecule has 3 aromatic rings. The van der Waals surface area contributed by atoms with Crippen LogP contribution in [0.4, 0.5) is 0 Å². The first-order valence-corrected chi connectivity index (χ1v) is 9.82. The predicted molar refractivity (Wildman–Crippen MR) is 112 cm³/mol. The lowest BCUT2D eigenvalue weighted by Crippen LogP contribution is -2.36. The van der Waals surface area contributed by atoms with Crippen LogP contribution in [0.5, 0.6) is 11.5 Å². The Morgan fingerprint density at radius 1 is 1.31 bits per heavy atom. The zero-order valence-electron chi connectivity index (χ0n) is 16.1. The number of hydrogen-bond acceptors (Lipinski definition) is 5. The summed E-state index contributed by atoms with van der Waals surface area (Å²) in [5, 5.41) is 10.0. The fraction of sp³-hybridized carbons (Fsp3) is 0.286. The molecule has 1 unspecified atom stereocenters. The van der Waals surface area contributed by atoms with E-state index in [1.54, 1.807) is 11.7 Å². The lowest BCUT2D eigenvalue weighted by atomic mass is 9.97. The monoisotopic (exact) mass is 410 g/mol. The van der Waals surface area contributed by atoms with E-state index in [0.29, 0.717) is 23.7 Å². The maximum Gasteiger partial charge on any atom is 0.240 e. The lowest BCUT2D eigenvalue weighted by Gasteiger charge is -2.25. The van der Waals surface area contributed by atoms with Gasteiger partial charge in [0, 0.05) is 18.0 Å². The van der Waals surface area contributed by atoms with Crippen LogP contribution in [0.2, 0.25) is 0 Å². The maximum absolute atomic E-state index is 12.6. The molecular formula is C21H22N4O3S. The molecule has 2 N–H and O–H groups in total. The van der Waals surface area contributed by atoms with Crippen molar-refractivity contribution in [1.29, 1.82) is 0 Å². The Balaban J connectivity index is 1.39. The van der Waals surface area contributed by atoms with Crippen molar-refractivity contribution in [2.24, 2.45) is 5.92 Å².